The van der Waals surface area contributed by atoms with Crippen LogP contribution in [0.15, 0.2) is 71.5 Å². The van der Waals surface area contributed by atoms with Crippen molar-refractivity contribution in [3.63, 3.8) is 0 Å². The van der Waals surface area contributed by atoms with Crippen molar-refractivity contribution in [3.05, 3.63) is 88.3 Å². The number of hydrogen-bond acceptors (Lipinski definition) is 7. The third-order valence-electron chi connectivity index (χ3n) is 5.45. The number of carbonyl (C=O) groups is 1. The Balaban J connectivity index is 1.79. The Morgan fingerprint density at radius 1 is 0.943 bits per heavy atom. The smallest absolute Gasteiger partial charge is 0.279 e. The molecular formula is C26H22N4O5. The zero-order valence-electron chi connectivity index (χ0n) is 19.3. The number of fused-ring (bicyclic) bond motifs is 1. The van der Waals surface area contributed by atoms with Crippen LogP contribution < -0.4 is 25.1 Å². The van der Waals surface area contributed by atoms with Gasteiger partial charge < -0.3 is 19.5 Å². The highest BCUT2D eigenvalue weighted by atomic mass is 16.5. The molecule has 176 valence electrons. The first kappa shape index (κ1) is 23.3. The second-order valence-corrected chi connectivity index (χ2v) is 7.44. The largest absolute Gasteiger partial charge is 0.493 e. The molecule has 1 aromatic heterocycles. The highest BCUT2D eigenvalue weighted by Gasteiger charge is 2.23. The molecule has 0 spiro atoms. The molecule has 4 rings (SSSR count). The molecule has 1 N–H and O–H groups in total. The SMILES string of the molecule is COc1cc([C@H](C#N)NC(=O)c2nn(-c3ccccc3)c(=O)c3ccccc23)cc(OC)c1OC. The van der Waals surface area contributed by atoms with Crippen LogP contribution in [-0.4, -0.2) is 37.0 Å². The number of benzene rings is 3. The number of ether oxygens (including phenoxy) is 3. The van der Waals surface area contributed by atoms with Gasteiger partial charge in [0.25, 0.3) is 11.5 Å². The zero-order valence-corrected chi connectivity index (χ0v) is 19.3. The summed E-state index contributed by atoms with van der Waals surface area (Å²) in [6, 6.07) is 19.7. The number of carbonyl (C=O) groups excluding carboxylic acids is 1. The number of nitrogens with one attached hydrogen (secondary N) is 1. The summed E-state index contributed by atoms with van der Waals surface area (Å²) in [7, 11) is 4.40. The molecule has 0 bridgehead atoms. The van der Waals surface area contributed by atoms with Gasteiger partial charge in [0, 0.05) is 5.39 Å². The molecule has 4 aromatic rings. The first-order valence-corrected chi connectivity index (χ1v) is 10.6. The van der Waals surface area contributed by atoms with E-state index in [0.717, 1.165) is 0 Å². The molecule has 3 aromatic carbocycles. The maximum absolute atomic E-state index is 13.4. The van der Waals surface area contributed by atoms with Gasteiger partial charge in [0.2, 0.25) is 5.75 Å². The molecule has 0 radical (unpaired) electrons. The van der Waals surface area contributed by atoms with Gasteiger partial charge in [-0.05, 0) is 35.9 Å². The van der Waals surface area contributed by atoms with Gasteiger partial charge in [-0.1, -0.05) is 36.4 Å². The van der Waals surface area contributed by atoms with Crippen molar-refractivity contribution in [1.82, 2.24) is 15.1 Å². The van der Waals surface area contributed by atoms with Crippen LogP contribution in [0.25, 0.3) is 16.5 Å². The van der Waals surface area contributed by atoms with Gasteiger partial charge in [-0.15, -0.1) is 0 Å². The summed E-state index contributed by atoms with van der Waals surface area (Å²) in [5.74, 6) is 0.436. The van der Waals surface area contributed by atoms with E-state index in [1.165, 1.54) is 26.0 Å². The van der Waals surface area contributed by atoms with E-state index in [1.54, 1.807) is 60.7 Å². The van der Waals surface area contributed by atoms with E-state index in [2.05, 4.69) is 16.5 Å². The van der Waals surface area contributed by atoms with Crippen LogP contribution in [0.1, 0.15) is 22.1 Å². The Bertz CT molecular complexity index is 1470. The molecule has 1 heterocycles. The number of amides is 1. The number of nitriles is 1. The highest BCUT2D eigenvalue weighted by Crippen LogP contribution is 2.39. The number of nitrogens with zero attached hydrogens (tertiary/aromatic N) is 3. The van der Waals surface area contributed by atoms with Crippen LogP contribution in [0.5, 0.6) is 17.2 Å². The lowest BCUT2D eigenvalue weighted by Gasteiger charge is -2.18. The topological polar surface area (TPSA) is 115 Å². The molecule has 35 heavy (non-hydrogen) atoms. The lowest BCUT2D eigenvalue weighted by Crippen LogP contribution is -2.32. The van der Waals surface area contributed by atoms with Gasteiger partial charge in [0.15, 0.2) is 17.2 Å². The maximum Gasteiger partial charge on any atom is 0.279 e. The zero-order chi connectivity index (χ0) is 24.9. The van der Waals surface area contributed by atoms with E-state index in [0.29, 0.717) is 39.3 Å². The normalized spacial score (nSPS) is 11.4. The molecule has 9 nitrogen and oxygen atoms in total. The van der Waals surface area contributed by atoms with E-state index in [1.807, 2.05) is 6.07 Å². The average molecular weight is 470 g/mol. The number of methoxy groups -OCH3 is 3. The predicted molar refractivity (Wildman–Crippen MR) is 129 cm³/mol. The molecule has 0 aliphatic heterocycles. The van der Waals surface area contributed by atoms with Crippen LogP contribution in [0, 0.1) is 11.3 Å². The predicted octanol–water partition coefficient (Wildman–Crippen LogP) is 3.41. The fraction of sp³-hybridized carbons (Fsp3) is 0.154. The van der Waals surface area contributed by atoms with E-state index in [9.17, 15) is 14.9 Å². The lowest BCUT2D eigenvalue weighted by atomic mass is 10.1. The van der Waals surface area contributed by atoms with Crippen molar-refractivity contribution in [3.8, 4) is 29.0 Å². The maximum atomic E-state index is 13.4. The minimum absolute atomic E-state index is 0.0109. The van der Waals surface area contributed by atoms with Gasteiger partial charge in [-0.25, -0.2) is 0 Å². The van der Waals surface area contributed by atoms with E-state index >= 15 is 0 Å². The minimum Gasteiger partial charge on any atom is -0.493 e. The van der Waals surface area contributed by atoms with E-state index in [4.69, 9.17) is 14.2 Å². The van der Waals surface area contributed by atoms with Gasteiger partial charge in [0.1, 0.15) is 6.04 Å². The van der Waals surface area contributed by atoms with Crippen molar-refractivity contribution in [2.24, 2.45) is 0 Å². The summed E-state index contributed by atoms with van der Waals surface area (Å²) in [5.41, 5.74) is 0.594. The van der Waals surface area contributed by atoms with Crippen molar-refractivity contribution < 1.29 is 19.0 Å². The van der Waals surface area contributed by atoms with E-state index in [-0.39, 0.29) is 11.3 Å². The second kappa shape index (κ2) is 9.97. The summed E-state index contributed by atoms with van der Waals surface area (Å²) in [5, 5.41) is 17.6. The quantitative estimate of drug-likeness (QED) is 0.440. The Labute approximate surface area is 201 Å². The van der Waals surface area contributed by atoms with Gasteiger partial charge in [-0.3, -0.25) is 9.59 Å². The summed E-state index contributed by atoms with van der Waals surface area (Å²) in [4.78, 5) is 26.5. The average Bonchev–Trinajstić information content (AvgIpc) is 2.91. The number of aromatic nitrogens is 2. The number of para-hydroxylation sites is 1. The molecule has 0 fully saturated rings. The van der Waals surface area contributed by atoms with Crippen molar-refractivity contribution in [2.45, 2.75) is 6.04 Å². The van der Waals surface area contributed by atoms with Crippen LogP contribution in [0.4, 0.5) is 0 Å². The van der Waals surface area contributed by atoms with Crippen LogP contribution in [0.2, 0.25) is 0 Å². The Morgan fingerprint density at radius 2 is 1.54 bits per heavy atom. The van der Waals surface area contributed by atoms with Crippen molar-refractivity contribution >= 4 is 16.7 Å². The summed E-state index contributed by atoms with van der Waals surface area (Å²) in [6.07, 6.45) is 0. The molecule has 0 saturated carbocycles. The molecule has 0 saturated heterocycles. The van der Waals surface area contributed by atoms with Crippen molar-refractivity contribution in [1.29, 1.82) is 5.26 Å². The van der Waals surface area contributed by atoms with Crippen LogP contribution in [-0.2, 0) is 0 Å². The molecule has 0 aliphatic carbocycles. The molecule has 0 aliphatic rings. The van der Waals surface area contributed by atoms with Gasteiger partial charge >= 0.3 is 0 Å². The van der Waals surface area contributed by atoms with Gasteiger partial charge in [-0.2, -0.15) is 15.0 Å². The molecule has 1 atom stereocenters. The lowest BCUT2D eigenvalue weighted by molar-refractivity contribution is 0.0940. The van der Waals surface area contributed by atoms with Crippen LogP contribution in [0.3, 0.4) is 0 Å². The third-order valence-corrected chi connectivity index (χ3v) is 5.45. The summed E-state index contributed by atoms with van der Waals surface area (Å²) < 4.78 is 17.2. The Morgan fingerprint density at radius 3 is 2.11 bits per heavy atom. The minimum atomic E-state index is -1.06. The first-order chi connectivity index (χ1) is 17.0. The third kappa shape index (κ3) is 4.37. The second-order valence-electron chi connectivity index (χ2n) is 7.44. The standard InChI is InChI=1S/C26H22N4O5/c1-33-21-13-16(14-22(34-2)24(21)35-3)20(15-27)28-25(31)23-18-11-7-8-12-19(18)26(32)30(29-23)17-9-5-4-6-10-17/h4-14,20H,1-3H3,(H,28,31)/t20-/m0/s1. The van der Waals surface area contributed by atoms with Crippen LogP contribution >= 0.6 is 0 Å². The highest BCUT2D eigenvalue weighted by molar-refractivity contribution is 6.05. The fourth-order valence-corrected chi connectivity index (χ4v) is 3.76. The number of rotatable bonds is 7. The molecule has 1 amide bonds. The fourth-order valence-electron chi connectivity index (χ4n) is 3.76. The summed E-state index contributed by atoms with van der Waals surface area (Å²) in [6.45, 7) is 0. The van der Waals surface area contributed by atoms with E-state index < -0.39 is 11.9 Å². The van der Waals surface area contributed by atoms with Crippen molar-refractivity contribution in [2.75, 3.05) is 21.3 Å². The Hall–Kier alpha value is -4.84. The molecular weight excluding hydrogens is 448 g/mol. The first-order valence-electron chi connectivity index (χ1n) is 10.6. The Kier molecular flexibility index (Phi) is 6.64. The van der Waals surface area contributed by atoms with Gasteiger partial charge in [0.05, 0.1) is 38.5 Å². The molecule has 0 unspecified atom stereocenters. The monoisotopic (exact) mass is 470 g/mol. The molecule has 9 heteroatoms. The number of hydrogen-bond donors (Lipinski definition) is 1. The summed E-state index contributed by atoms with van der Waals surface area (Å²) >= 11 is 0.